The second-order valence-electron chi connectivity index (χ2n) is 4.50. The number of hydrogen-bond donors (Lipinski definition) is 0. The maximum atomic E-state index is 12.1. The fourth-order valence-electron chi connectivity index (χ4n) is 1.68. The van der Waals surface area contributed by atoms with Crippen LogP contribution in [0.5, 0.6) is 0 Å². The summed E-state index contributed by atoms with van der Waals surface area (Å²) >= 11 is 2.80. The molecule has 0 fully saturated rings. The van der Waals surface area contributed by atoms with Crippen LogP contribution in [0, 0.1) is 0 Å². The van der Waals surface area contributed by atoms with Gasteiger partial charge in [-0.25, -0.2) is 0 Å². The predicted molar refractivity (Wildman–Crippen MR) is 85.4 cm³/mol. The number of rotatable bonds is 7. The number of hydrogen-bond acceptors (Lipinski definition) is 6. The lowest BCUT2D eigenvalue weighted by atomic mass is 10.3. The van der Waals surface area contributed by atoms with Crippen LogP contribution in [0.25, 0.3) is 10.8 Å². The number of thiophene rings is 1. The van der Waals surface area contributed by atoms with E-state index < -0.39 is 0 Å². The molecular formula is C14H17N3O2S2. The minimum Gasteiger partial charge on any atom is -0.410 e. The van der Waals surface area contributed by atoms with Crippen molar-refractivity contribution >= 4 is 29.0 Å². The van der Waals surface area contributed by atoms with Crippen molar-refractivity contribution in [1.29, 1.82) is 0 Å². The summed E-state index contributed by atoms with van der Waals surface area (Å²) in [5.41, 5.74) is 0.966. The molecular weight excluding hydrogens is 306 g/mol. The zero-order valence-electron chi connectivity index (χ0n) is 12.0. The maximum Gasteiger partial charge on any atom is 0.277 e. The minimum absolute atomic E-state index is 0.0429. The number of thioether (sulfide) groups is 1. The summed E-state index contributed by atoms with van der Waals surface area (Å²) in [4.78, 5) is 14.8. The molecule has 0 aliphatic carbocycles. The molecule has 0 N–H and O–H groups in total. The monoisotopic (exact) mass is 323 g/mol. The quantitative estimate of drug-likeness (QED) is 0.578. The van der Waals surface area contributed by atoms with Crippen molar-refractivity contribution in [3.8, 4) is 10.8 Å². The van der Waals surface area contributed by atoms with Gasteiger partial charge in [-0.05, 0) is 25.3 Å². The average Bonchev–Trinajstić information content (AvgIpc) is 3.12. The van der Waals surface area contributed by atoms with E-state index in [9.17, 15) is 4.79 Å². The minimum atomic E-state index is 0.0429. The normalized spacial score (nSPS) is 10.6. The predicted octanol–water partition coefficient (Wildman–Crippen LogP) is 3.31. The standard InChI is InChI=1S/C14H17N3O2S2/c1-4-17(8-10(2)3)12(18)9-21-14-16-15-13(19-14)11-6-5-7-20-11/h5-7H,2,4,8-9H2,1,3H3. The smallest absolute Gasteiger partial charge is 0.277 e. The zero-order valence-corrected chi connectivity index (χ0v) is 13.7. The van der Waals surface area contributed by atoms with E-state index in [1.807, 2.05) is 31.4 Å². The van der Waals surface area contributed by atoms with E-state index in [2.05, 4.69) is 16.8 Å². The summed E-state index contributed by atoms with van der Waals surface area (Å²) in [5.74, 6) is 0.823. The summed E-state index contributed by atoms with van der Waals surface area (Å²) in [6.45, 7) is 8.94. The van der Waals surface area contributed by atoms with Crippen molar-refractivity contribution in [2.45, 2.75) is 19.1 Å². The largest absolute Gasteiger partial charge is 0.410 e. The van der Waals surface area contributed by atoms with Crippen LogP contribution in [0.15, 0.2) is 39.3 Å². The van der Waals surface area contributed by atoms with Crippen molar-refractivity contribution in [3.63, 3.8) is 0 Å². The Kier molecular flexibility index (Phi) is 5.58. The average molecular weight is 323 g/mol. The number of nitrogens with zero attached hydrogens (tertiary/aromatic N) is 3. The first-order valence-corrected chi connectivity index (χ1v) is 8.39. The summed E-state index contributed by atoms with van der Waals surface area (Å²) in [6.07, 6.45) is 0. The lowest BCUT2D eigenvalue weighted by Crippen LogP contribution is -2.33. The van der Waals surface area contributed by atoms with Crippen molar-refractivity contribution in [3.05, 3.63) is 29.7 Å². The Morgan fingerprint density at radius 2 is 2.33 bits per heavy atom. The van der Waals surface area contributed by atoms with E-state index >= 15 is 0 Å². The molecule has 0 spiro atoms. The molecule has 5 nitrogen and oxygen atoms in total. The highest BCUT2D eigenvalue weighted by molar-refractivity contribution is 7.99. The van der Waals surface area contributed by atoms with Gasteiger partial charge in [0.25, 0.3) is 11.1 Å². The van der Waals surface area contributed by atoms with Crippen LogP contribution in [0.1, 0.15) is 13.8 Å². The van der Waals surface area contributed by atoms with Gasteiger partial charge in [0.1, 0.15) is 0 Å². The van der Waals surface area contributed by atoms with Crippen LogP contribution in [0.4, 0.5) is 0 Å². The van der Waals surface area contributed by atoms with E-state index in [-0.39, 0.29) is 11.7 Å². The highest BCUT2D eigenvalue weighted by Gasteiger charge is 2.15. The number of amides is 1. The fraction of sp³-hybridized carbons (Fsp3) is 0.357. The van der Waals surface area contributed by atoms with Crippen LogP contribution in [0.3, 0.4) is 0 Å². The van der Waals surface area contributed by atoms with Crippen molar-refractivity contribution in [2.75, 3.05) is 18.8 Å². The lowest BCUT2D eigenvalue weighted by Gasteiger charge is -2.20. The first-order valence-electron chi connectivity index (χ1n) is 6.52. The van der Waals surface area contributed by atoms with Crippen LogP contribution in [0.2, 0.25) is 0 Å². The van der Waals surface area contributed by atoms with Gasteiger partial charge in [-0.3, -0.25) is 4.79 Å². The first kappa shape index (κ1) is 15.8. The van der Waals surface area contributed by atoms with Crippen molar-refractivity contribution in [2.24, 2.45) is 0 Å². The highest BCUT2D eigenvalue weighted by atomic mass is 32.2. The maximum absolute atomic E-state index is 12.1. The molecule has 2 rings (SSSR count). The Morgan fingerprint density at radius 3 is 2.95 bits per heavy atom. The molecule has 2 heterocycles. The second kappa shape index (κ2) is 7.42. The number of likely N-dealkylation sites (N-methyl/N-ethyl adjacent to an activating group) is 1. The molecule has 112 valence electrons. The summed E-state index contributed by atoms with van der Waals surface area (Å²) in [7, 11) is 0. The van der Waals surface area contributed by atoms with Crippen LogP contribution in [-0.4, -0.2) is 39.8 Å². The highest BCUT2D eigenvalue weighted by Crippen LogP contribution is 2.26. The van der Waals surface area contributed by atoms with Crippen LogP contribution >= 0.6 is 23.1 Å². The molecule has 7 heteroatoms. The van der Waals surface area contributed by atoms with Gasteiger partial charge < -0.3 is 9.32 Å². The Morgan fingerprint density at radius 1 is 1.52 bits per heavy atom. The van der Waals surface area contributed by atoms with Gasteiger partial charge >= 0.3 is 0 Å². The third-order valence-corrected chi connectivity index (χ3v) is 4.31. The number of carbonyl (C=O) groups excluding carboxylic acids is 1. The zero-order chi connectivity index (χ0) is 15.2. The van der Waals surface area contributed by atoms with Gasteiger partial charge in [0, 0.05) is 13.1 Å². The number of aromatic nitrogens is 2. The molecule has 0 atom stereocenters. The Hall–Kier alpha value is -1.60. The van der Waals surface area contributed by atoms with Gasteiger partial charge in [0.15, 0.2) is 0 Å². The van der Waals surface area contributed by atoms with Crippen LogP contribution < -0.4 is 0 Å². The molecule has 0 bridgehead atoms. The third-order valence-electron chi connectivity index (χ3n) is 2.65. The topological polar surface area (TPSA) is 59.2 Å². The van der Waals surface area contributed by atoms with E-state index in [0.29, 0.717) is 24.2 Å². The van der Waals surface area contributed by atoms with E-state index in [0.717, 1.165) is 10.5 Å². The fourth-order valence-corrected chi connectivity index (χ4v) is 2.99. The Labute approximate surface area is 132 Å². The van der Waals surface area contributed by atoms with E-state index in [1.54, 1.807) is 4.90 Å². The molecule has 0 unspecified atom stereocenters. The van der Waals surface area contributed by atoms with Gasteiger partial charge in [0.2, 0.25) is 5.91 Å². The molecule has 21 heavy (non-hydrogen) atoms. The summed E-state index contributed by atoms with van der Waals surface area (Å²) in [5, 5.41) is 10.3. The Balaban J connectivity index is 1.91. The van der Waals surface area contributed by atoms with Gasteiger partial charge in [-0.1, -0.05) is 30.0 Å². The third kappa shape index (κ3) is 4.44. The van der Waals surface area contributed by atoms with E-state index in [1.165, 1.54) is 23.1 Å². The lowest BCUT2D eigenvalue weighted by molar-refractivity contribution is -0.127. The van der Waals surface area contributed by atoms with Crippen molar-refractivity contribution in [1.82, 2.24) is 15.1 Å². The van der Waals surface area contributed by atoms with Gasteiger partial charge in [0.05, 0.1) is 10.6 Å². The SMILES string of the molecule is C=C(C)CN(CC)C(=O)CSc1nnc(-c2cccs2)o1. The molecule has 1 amide bonds. The van der Waals surface area contributed by atoms with Gasteiger partial charge in [-0.2, -0.15) is 0 Å². The molecule has 2 aromatic rings. The summed E-state index contributed by atoms with van der Waals surface area (Å²) in [6, 6.07) is 3.85. The van der Waals surface area contributed by atoms with Gasteiger partial charge in [-0.15, -0.1) is 21.5 Å². The molecule has 0 radical (unpaired) electrons. The second-order valence-corrected chi connectivity index (χ2v) is 6.38. The van der Waals surface area contributed by atoms with E-state index in [4.69, 9.17) is 4.42 Å². The molecule has 0 aliphatic rings. The molecule has 0 saturated heterocycles. The molecule has 0 aromatic carbocycles. The molecule has 0 saturated carbocycles. The summed E-state index contributed by atoms with van der Waals surface area (Å²) < 4.78 is 5.54. The molecule has 0 aliphatic heterocycles. The first-order chi connectivity index (χ1) is 10.1. The van der Waals surface area contributed by atoms with Crippen LogP contribution in [-0.2, 0) is 4.79 Å². The Bertz CT molecular complexity index is 608. The molecule has 2 aromatic heterocycles. The number of carbonyl (C=O) groups is 1. The van der Waals surface area contributed by atoms with Crippen molar-refractivity contribution < 1.29 is 9.21 Å².